The van der Waals surface area contributed by atoms with Gasteiger partial charge in [0.05, 0.1) is 12.3 Å². The third-order valence-corrected chi connectivity index (χ3v) is 10.3. The molecule has 1 aromatic heterocycles. The van der Waals surface area contributed by atoms with Gasteiger partial charge in [-0.1, -0.05) is 51.1 Å². The number of aromatic nitrogens is 2. The standard InChI is InChI=1S/C32H44N4O3/c1-21(31(39)36-17-11-24(12-18-36)19-23-7-5-4-6-8-23)25-9-13-32(3)14-10-26(22(2)28(32)29(25)37)35-30(38)27-20-33-15-16-34-27/h4-8,15-16,20-22,24-26,28-29,37H,9-14,17-19H2,1-3H3,(H,35,38)/t21-,22+,25?,26-,28+,29-,32-/m0/s1. The van der Waals surface area contributed by atoms with Gasteiger partial charge in [-0.15, -0.1) is 0 Å². The fourth-order valence-corrected chi connectivity index (χ4v) is 7.93. The smallest absolute Gasteiger partial charge is 0.271 e. The van der Waals surface area contributed by atoms with Crippen molar-refractivity contribution < 1.29 is 14.7 Å². The van der Waals surface area contributed by atoms with E-state index in [1.807, 2.05) is 11.8 Å². The van der Waals surface area contributed by atoms with Crippen LogP contribution in [0.2, 0.25) is 0 Å². The molecule has 2 heterocycles. The van der Waals surface area contributed by atoms with E-state index < -0.39 is 6.10 Å². The molecule has 2 saturated carbocycles. The molecule has 7 heteroatoms. The molecule has 1 unspecified atom stereocenters. The van der Waals surface area contributed by atoms with Crippen LogP contribution in [-0.4, -0.2) is 57.0 Å². The molecule has 5 rings (SSSR count). The minimum absolute atomic E-state index is 0.0155. The second-order valence-electron chi connectivity index (χ2n) is 12.7. The lowest BCUT2D eigenvalue weighted by atomic mass is 9.51. The van der Waals surface area contributed by atoms with E-state index in [9.17, 15) is 14.7 Å². The van der Waals surface area contributed by atoms with Gasteiger partial charge in [-0.2, -0.15) is 0 Å². The Bertz CT molecular complexity index is 1120. The predicted molar refractivity (Wildman–Crippen MR) is 151 cm³/mol. The number of carbonyl (C=O) groups excluding carboxylic acids is 2. The van der Waals surface area contributed by atoms with E-state index >= 15 is 0 Å². The lowest BCUT2D eigenvalue weighted by Crippen LogP contribution is -2.58. The first-order chi connectivity index (χ1) is 18.8. The molecule has 2 N–H and O–H groups in total. The van der Waals surface area contributed by atoms with Gasteiger partial charge in [0.2, 0.25) is 5.91 Å². The van der Waals surface area contributed by atoms with Crippen molar-refractivity contribution >= 4 is 11.8 Å². The number of amides is 2. The number of benzene rings is 1. The van der Waals surface area contributed by atoms with Gasteiger partial charge in [-0.3, -0.25) is 14.6 Å². The first-order valence-corrected chi connectivity index (χ1v) is 14.8. The van der Waals surface area contributed by atoms with Crippen LogP contribution in [0.3, 0.4) is 0 Å². The fraction of sp³-hybridized carbons (Fsp3) is 0.625. The summed E-state index contributed by atoms with van der Waals surface area (Å²) in [5, 5.41) is 15.0. The Labute approximate surface area is 232 Å². The molecule has 0 bridgehead atoms. The Morgan fingerprint density at radius 1 is 1.10 bits per heavy atom. The largest absolute Gasteiger partial charge is 0.392 e. The zero-order valence-electron chi connectivity index (χ0n) is 23.6. The second-order valence-corrected chi connectivity index (χ2v) is 12.7. The number of likely N-dealkylation sites (tertiary alicyclic amines) is 1. The highest BCUT2D eigenvalue weighted by Crippen LogP contribution is 2.55. The van der Waals surface area contributed by atoms with Crippen molar-refractivity contribution in [2.75, 3.05) is 13.1 Å². The van der Waals surface area contributed by atoms with E-state index in [0.717, 1.165) is 58.0 Å². The number of nitrogens with zero attached hydrogens (tertiary/aromatic N) is 3. The fourth-order valence-electron chi connectivity index (χ4n) is 7.93. The summed E-state index contributed by atoms with van der Waals surface area (Å²) in [5.74, 6) is 0.444. The molecule has 2 amide bonds. The van der Waals surface area contributed by atoms with Gasteiger partial charge in [-0.25, -0.2) is 4.98 Å². The van der Waals surface area contributed by atoms with Gasteiger partial charge in [0.15, 0.2) is 0 Å². The first-order valence-electron chi connectivity index (χ1n) is 14.8. The van der Waals surface area contributed by atoms with E-state index in [1.165, 1.54) is 18.0 Å². The highest BCUT2D eigenvalue weighted by atomic mass is 16.3. The molecule has 7 atom stereocenters. The quantitative estimate of drug-likeness (QED) is 0.571. The van der Waals surface area contributed by atoms with Gasteiger partial charge in [0, 0.05) is 37.4 Å². The van der Waals surface area contributed by atoms with Crippen molar-refractivity contribution in [2.24, 2.45) is 35.0 Å². The summed E-state index contributed by atoms with van der Waals surface area (Å²) in [6, 6.07) is 10.6. The molecule has 1 saturated heterocycles. The average Bonchev–Trinajstić information content (AvgIpc) is 2.95. The Hall–Kier alpha value is -2.80. The third kappa shape index (κ3) is 5.88. The summed E-state index contributed by atoms with van der Waals surface area (Å²) in [5.41, 5.74) is 1.70. The number of aliphatic hydroxyl groups is 1. The van der Waals surface area contributed by atoms with Crippen LogP contribution in [0.25, 0.3) is 0 Å². The summed E-state index contributed by atoms with van der Waals surface area (Å²) >= 11 is 0. The summed E-state index contributed by atoms with van der Waals surface area (Å²) < 4.78 is 0. The lowest BCUT2D eigenvalue weighted by Gasteiger charge is -2.56. The maximum atomic E-state index is 13.6. The molecule has 1 aromatic carbocycles. The van der Waals surface area contributed by atoms with Crippen LogP contribution in [0, 0.1) is 35.0 Å². The normalized spacial score (nSPS) is 32.2. The number of piperidine rings is 1. The highest BCUT2D eigenvalue weighted by molar-refractivity contribution is 5.92. The Balaban J connectivity index is 1.20. The van der Waals surface area contributed by atoms with Gasteiger partial charge >= 0.3 is 0 Å². The van der Waals surface area contributed by atoms with E-state index in [-0.39, 0.29) is 46.9 Å². The minimum Gasteiger partial charge on any atom is -0.392 e. The zero-order valence-corrected chi connectivity index (χ0v) is 23.6. The molecular weight excluding hydrogens is 488 g/mol. The first kappa shape index (κ1) is 27.8. The van der Waals surface area contributed by atoms with Gasteiger partial charge < -0.3 is 15.3 Å². The Morgan fingerprint density at radius 3 is 2.51 bits per heavy atom. The molecule has 39 heavy (non-hydrogen) atoms. The SMILES string of the molecule is C[C@H]1[C@@H]2[C@@H](O)C([C@H](C)C(=O)N3CCC(Cc4ccccc4)CC3)CC[C@@]2(C)CC[C@@H]1NC(=O)c1cnccn1. The van der Waals surface area contributed by atoms with Crippen LogP contribution >= 0.6 is 0 Å². The molecule has 1 aliphatic heterocycles. The summed E-state index contributed by atoms with van der Waals surface area (Å²) in [6.45, 7) is 8.07. The van der Waals surface area contributed by atoms with Crippen molar-refractivity contribution in [2.45, 2.75) is 77.9 Å². The number of hydrogen-bond acceptors (Lipinski definition) is 5. The van der Waals surface area contributed by atoms with E-state index in [4.69, 9.17) is 0 Å². The van der Waals surface area contributed by atoms with Crippen molar-refractivity contribution in [1.82, 2.24) is 20.2 Å². The highest BCUT2D eigenvalue weighted by Gasteiger charge is 2.54. The summed E-state index contributed by atoms with van der Waals surface area (Å²) in [4.78, 5) is 36.7. The van der Waals surface area contributed by atoms with Crippen LogP contribution in [-0.2, 0) is 11.2 Å². The Morgan fingerprint density at radius 2 is 1.82 bits per heavy atom. The molecule has 3 aliphatic rings. The number of rotatable bonds is 6. The van der Waals surface area contributed by atoms with Crippen molar-refractivity contribution in [3.63, 3.8) is 0 Å². The van der Waals surface area contributed by atoms with Crippen molar-refractivity contribution in [3.8, 4) is 0 Å². The number of nitrogens with one attached hydrogen (secondary N) is 1. The van der Waals surface area contributed by atoms with Crippen LogP contribution in [0.1, 0.15) is 75.3 Å². The van der Waals surface area contributed by atoms with Crippen molar-refractivity contribution in [1.29, 1.82) is 0 Å². The monoisotopic (exact) mass is 532 g/mol. The van der Waals surface area contributed by atoms with E-state index in [2.05, 4.69) is 59.5 Å². The molecule has 7 nitrogen and oxygen atoms in total. The van der Waals surface area contributed by atoms with Crippen LogP contribution in [0.4, 0.5) is 0 Å². The summed E-state index contributed by atoms with van der Waals surface area (Å²) in [7, 11) is 0. The Kier molecular flexibility index (Phi) is 8.36. The van der Waals surface area contributed by atoms with Crippen LogP contribution in [0.15, 0.2) is 48.9 Å². The third-order valence-electron chi connectivity index (χ3n) is 10.3. The topological polar surface area (TPSA) is 95.4 Å². The molecule has 0 radical (unpaired) electrons. The van der Waals surface area contributed by atoms with E-state index in [1.54, 1.807) is 6.20 Å². The van der Waals surface area contributed by atoms with Gasteiger partial charge in [0.25, 0.3) is 5.91 Å². The maximum Gasteiger partial charge on any atom is 0.271 e. The van der Waals surface area contributed by atoms with Gasteiger partial charge in [-0.05, 0) is 79.6 Å². The second kappa shape index (κ2) is 11.7. The lowest BCUT2D eigenvalue weighted by molar-refractivity contribution is -0.151. The van der Waals surface area contributed by atoms with Gasteiger partial charge in [0.1, 0.15) is 5.69 Å². The number of carbonyl (C=O) groups is 2. The molecule has 210 valence electrons. The summed E-state index contributed by atoms with van der Waals surface area (Å²) in [6.07, 6.45) is 10.8. The van der Waals surface area contributed by atoms with Crippen molar-refractivity contribution in [3.05, 3.63) is 60.2 Å². The molecular formula is C32H44N4O3. The number of hydrogen-bond donors (Lipinski definition) is 2. The molecule has 3 fully saturated rings. The minimum atomic E-state index is -0.565. The molecule has 2 aromatic rings. The number of aliphatic hydroxyl groups excluding tert-OH is 1. The maximum absolute atomic E-state index is 13.6. The molecule has 2 aliphatic carbocycles. The molecule has 0 spiro atoms. The number of fused-ring (bicyclic) bond motifs is 1. The average molecular weight is 533 g/mol. The van der Waals surface area contributed by atoms with Crippen LogP contribution < -0.4 is 5.32 Å². The van der Waals surface area contributed by atoms with E-state index in [0.29, 0.717) is 11.6 Å². The predicted octanol–water partition coefficient (Wildman–Crippen LogP) is 4.52. The zero-order chi connectivity index (χ0) is 27.6. The van der Waals surface area contributed by atoms with Crippen LogP contribution in [0.5, 0.6) is 0 Å².